The van der Waals surface area contributed by atoms with Crippen molar-refractivity contribution in [2.45, 2.75) is 25.9 Å². The van der Waals surface area contributed by atoms with E-state index in [4.69, 9.17) is 15.9 Å². The van der Waals surface area contributed by atoms with E-state index in [1.807, 2.05) is 49.4 Å². The molecule has 0 aliphatic carbocycles. The van der Waals surface area contributed by atoms with Gasteiger partial charge in [-0.2, -0.15) is 0 Å². The maximum Gasteiger partial charge on any atom is 0.307 e. The first-order valence-electron chi connectivity index (χ1n) is 7.80. The molecule has 0 heterocycles. The van der Waals surface area contributed by atoms with E-state index in [1.165, 1.54) is 7.11 Å². The Kier molecular flexibility index (Phi) is 6.09. The number of benzene rings is 2. The summed E-state index contributed by atoms with van der Waals surface area (Å²) in [5, 5.41) is 11.8. The van der Waals surface area contributed by atoms with E-state index in [-0.39, 0.29) is 18.1 Å². The van der Waals surface area contributed by atoms with Crippen LogP contribution in [-0.2, 0) is 16.1 Å². The van der Waals surface area contributed by atoms with E-state index in [9.17, 15) is 4.79 Å². The average Bonchev–Trinajstić information content (AvgIpc) is 2.60. The largest absolute Gasteiger partial charge is 0.469 e. The quantitative estimate of drug-likeness (QED) is 0.415. The maximum atomic E-state index is 11.7. The minimum Gasteiger partial charge on any atom is -0.469 e. The zero-order valence-corrected chi connectivity index (χ0v) is 14.0. The molecule has 2 aromatic carbocycles. The summed E-state index contributed by atoms with van der Waals surface area (Å²) in [6, 6.07) is 14.9. The van der Waals surface area contributed by atoms with Gasteiger partial charge in [-0.15, -0.1) is 0 Å². The van der Waals surface area contributed by atoms with Crippen molar-refractivity contribution in [2.24, 2.45) is 0 Å². The van der Waals surface area contributed by atoms with Gasteiger partial charge in [-0.3, -0.25) is 4.79 Å². The fourth-order valence-electron chi connectivity index (χ4n) is 2.45. The smallest absolute Gasteiger partial charge is 0.307 e. The lowest BCUT2D eigenvalue weighted by Crippen LogP contribution is -2.39. The molecule has 5 nitrogen and oxygen atoms in total. The van der Waals surface area contributed by atoms with Crippen LogP contribution in [0.25, 0.3) is 0 Å². The monoisotopic (exact) mass is 325 g/mol. The van der Waals surface area contributed by atoms with Crippen LogP contribution < -0.4 is 11.1 Å². The number of rotatable bonds is 7. The minimum atomic E-state index is -0.471. The van der Waals surface area contributed by atoms with Crippen molar-refractivity contribution < 1.29 is 9.53 Å². The van der Waals surface area contributed by atoms with Crippen LogP contribution >= 0.6 is 0 Å². The highest BCUT2D eigenvalue weighted by molar-refractivity contribution is 6.07. The Morgan fingerprint density at radius 3 is 2.62 bits per heavy atom. The summed E-state index contributed by atoms with van der Waals surface area (Å²) in [6.45, 7) is 2.50. The molecule has 126 valence electrons. The Bertz CT molecular complexity index is 714. The highest BCUT2D eigenvalue weighted by atomic mass is 16.5. The normalized spacial score (nSPS) is 11.8. The first-order chi connectivity index (χ1) is 11.5. The van der Waals surface area contributed by atoms with Crippen molar-refractivity contribution in [2.75, 3.05) is 12.8 Å². The molecule has 0 aromatic heterocycles. The van der Waals surface area contributed by atoms with E-state index >= 15 is 0 Å². The van der Waals surface area contributed by atoms with Gasteiger partial charge in [0.05, 0.1) is 25.3 Å². The molecule has 5 heteroatoms. The van der Waals surface area contributed by atoms with E-state index in [1.54, 1.807) is 6.07 Å². The molecule has 24 heavy (non-hydrogen) atoms. The summed E-state index contributed by atoms with van der Waals surface area (Å²) >= 11 is 0. The highest BCUT2D eigenvalue weighted by Gasteiger charge is 2.21. The van der Waals surface area contributed by atoms with Crippen molar-refractivity contribution in [3.05, 3.63) is 65.2 Å². The Morgan fingerprint density at radius 2 is 1.96 bits per heavy atom. The Morgan fingerprint density at radius 1 is 1.25 bits per heavy atom. The van der Waals surface area contributed by atoms with Crippen molar-refractivity contribution in [1.82, 2.24) is 5.32 Å². The Labute approximate surface area is 142 Å². The number of nitrogen functional groups attached to an aromatic ring is 1. The van der Waals surface area contributed by atoms with Crippen LogP contribution in [0.3, 0.4) is 0 Å². The van der Waals surface area contributed by atoms with Gasteiger partial charge in [-0.25, -0.2) is 0 Å². The Hall–Kier alpha value is -2.66. The van der Waals surface area contributed by atoms with Crippen LogP contribution in [0.4, 0.5) is 5.69 Å². The van der Waals surface area contributed by atoms with Crippen LogP contribution in [0.5, 0.6) is 0 Å². The summed E-state index contributed by atoms with van der Waals surface area (Å²) in [6.07, 6.45) is 0.0789. The lowest BCUT2D eigenvalue weighted by Gasteiger charge is -2.20. The van der Waals surface area contributed by atoms with E-state index in [0.29, 0.717) is 17.8 Å². The first-order valence-corrected chi connectivity index (χ1v) is 7.80. The van der Waals surface area contributed by atoms with Gasteiger partial charge in [0.25, 0.3) is 0 Å². The molecule has 0 bridgehead atoms. The number of ether oxygens (including phenoxy) is 1. The third kappa shape index (κ3) is 4.67. The highest BCUT2D eigenvalue weighted by Crippen LogP contribution is 2.17. The SMILES string of the molecule is COC(=O)CC(NCc1ccccc1)C(=N)c1cc(C)ccc1N. The zero-order valence-electron chi connectivity index (χ0n) is 14.0. The average molecular weight is 325 g/mol. The summed E-state index contributed by atoms with van der Waals surface area (Å²) < 4.78 is 4.77. The number of nitrogens with one attached hydrogen (secondary N) is 2. The predicted molar refractivity (Wildman–Crippen MR) is 96.1 cm³/mol. The standard InChI is InChI=1S/C19H23N3O2/c1-13-8-9-16(20)15(10-13)19(21)17(11-18(23)24-2)22-12-14-6-4-3-5-7-14/h3-10,17,21-22H,11-12,20H2,1-2H3. The van der Waals surface area contributed by atoms with Crippen molar-refractivity contribution in [3.8, 4) is 0 Å². The molecule has 0 fully saturated rings. The van der Waals surface area contributed by atoms with Crippen LogP contribution in [-0.4, -0.2) is 24.8 Å². The summed E-state index contributed by atoms with van der Waals surface area (Å²) in [7, 11) is 1.35. The van der Waals surface area contributed by atoms with E-state index in [0.717, 1.165) is 11.1 Å². The van der Waals surface area contributed by atoms with Crippen molar-refractivity contribution in [1.29, 1.82) is 5.41 Å². The molecule has 1 unspecified atom stereocenters. The van der Waals surface area contributed by atoms with Gasteiger partial charge in [0.15, 0.2) is 0 Å². The molecule has 2 rings (SSSR count). The van der Waals surface area contributed by atoms with Gasteiger partial charge in [-0.1, -0.05) is 42.0 Å². The third-order valence-corrected chi connectivity index (χ3v) is 3.84. The molecule has 0 amide bonds. The lowest BCUT2D eigenvalue weighted by molar-refractivity contribution is -0.140. The molecular weight excluding hydrogens is 302 g/mol. The third-order valence-electron chi connectivity index (χ3n) is 3.84. The fraction of sp³-hybridized carbons (Fsp3) is 0.263. The van der Waals surface area contributed by atoms with Crippen molar-refractivity contribution in [3.63, 3.8) is 0 Å². The molecule has 2 aromatic rings. The molecule has 0 spiro atoms. The zero-order chi connectivity index (χ0) is 17.5. The van der Waals surface area contributed by atoms with Gasteiger partial charge in [-0.05, 0) is 24.6 Å². The molecule has 0 aliphatic heterocycles. The van der Waals surface area contributed by atoms with Crippen molar-refractivity contribution >= 4 is 17.4 Å². The number of carbonyl (C=O) groups excluding carboxylic acids is 1. The number of esters is 1. The molecule has 0 aliphatic rings. The topological polar surface area (TPSA) is 88.2 Å². The number of aryl methyl sites for hydroxylation is 1. The molecule has 1 atom stereocenters. The van der Waals surface area contributed by atoms with Gasteiger partial charge in [0.1, 0.15) is 0 Å². The number of nitrogens with two attached hydrogens (primary N) is 1. The number of hydrogen-bond donors (Lipinski definition) is 3. The second kappa shape index (κ2) is 8.26. The first kappa shape index (κ1) is 17.7. The molecule has 4 N–H and O–H groups in total. The van der Waals surface area contributed by atoms with Crippen LogP contribution in [0, 0.1) is 12.3 Å². The van der Waals surface area contributed by atoms with E-state index in [2.05, 4.69) is 5.32 Å². The van der Waals surface area contributed by atoms with Gasteiger partial charge in [0, 0.05) is 17.8 Å². The van der Waals surface area contributed by atoms with Crippen LogP contribution in [0.2, 0.25) is 0 Å². The second-order valence-corrected chi connectivity index (χ2v) is 5.70. The van der Waals surface area contributed by atoms with Gasteiger partial charge >= 0.3 is 5.97 Å². The van der Waals surface area contributed by atoms with Crippen LogP contribution in [0.1, 0.15) is 23.1 Å². The van der Waals surface area contributed by atoms with Crippen LogP contribution in [0.15, 0.2) is 48.5 Å². The summed E-state index contributed by atoms with van der Waals surface area (Å²) in [5.41, 5.74) is 9.57. The number of methoxy groups -OCH3 is 1. The minimum absolute atomic E-state index is 0.0789. The second-order valence-electron chi connectivity index (χ2n) is 5.70. The molecule has 0 saturated carbocycles. The molecule has 0 saturated heterocycles. The number of anilines is 1. The molecule has 0 radical (unpaired) electrons. The maximum absolute atomic E-state index is 11.7. The fourth-order valence-corrected chi connectivity index (χ4v) is 2.45. The van der Waals surface area contributed by atoms with Gasteiger partial charge in [0.2, 0.25) is 0 Å². The lowest BCUT2D eigenvalue weighted by atomic mass is 9.97. The van der Waals surface area contributed by atoms with Gasteiger partial charge < -0.3 is 21.2 Å². The van der Waals surface area contributed by atoms with E-state index < -0.39 is 6.04 Å². The summed E-state index contributed by atoms with van der Waals surface area (Å²) in [4.78, 5) is 11.7. The summed E-state index contributed by atoms with van der Waals surface area (Å²) in [5.74, 6) is -0.364. The Balaban J connectivity index is 2.19. The predicted octanol–water partition coefficient (Wildman–Crippen LogP) is 2.67. The number of carbonyl (C=O) groups is 1. The number of hydrogen-bond acceptors (Lipinski definition) is 5. The molecular formula is C19H23N3O2.